The van der Waals surface area contributed by atoms with Crippen LogP contribution in [0, 0.1) is 6.92 Å². The molecule has 0 unspecified atom stereocenters. The number of hydrogen-bond acceptors (Lipinski definition) is 1. The molecule has 3 heteroatoms. The van der Waals surface area contributed by atoms with Crippen LogP contribution >= 0.6 is 0 Å². The lowest BCUT2D eigenvalue weighted by molar-refractivity contribution is -0.918. The molecule has 0 aliphatic carbocycles. The molecule has 1 fully saturated rings. The largest absolute Gasteiger partial charge is 0.370 e. The Hall–Kier alpha value is -0.900. The molecule has 1 aliphatic rings. The standard InChI is InChI=1S/C13H20N2O/c1-11-2-4-12(5-3-11)13(14)10-15-6-8-16-9-7-15/h2-5,13H,6-10,14H2,1H3/p+2/t13-/m1/s1. The van der Waals surface area contributed by atoms with E-state index >= 15 is 0 Å². The van der Waals surface area contributed by atoms with Crippen molar-refractivity contribution in [1.82, 2.24) is 0 Å². The lowest BCUT2D eigenvalue weighted by Gasteiger charge is -2.25. The number of nitrogens with one attached hydrogen (secondary N) is 1. The summed E-state index contributed by atoms with van der Waals surface area (Å²) in [6.07, 6.45) is 0. The molecule has 0 aromatic heterocycles. The maximum Gasteiger partial charge on any atom is 0.160 e. The summed E-state index contributed by atoms with van der Waals surface area (Å²) in [5.41, 5.74) is 6.94. The van der Waals surface area contributed by atoms with Crippen molar-refractivity contribution in [3.8, 4) is 0 Å². The summed E-state index contributed by atoms with van der Waals surface area (Å²) in [7, 11) is 0. The quantitative estimate of drug-likeness (QED) is 0.690. The van der Waals surface area contributed by atoms with E-state index in [0.717, 1.165) is 32.8 Å². The number of morpholine rings is 1. The highest BCUT2D eigenvalue weighted by Gasteiger charge is 2.20. The molecular weight excluding hydrogens is 200 g/mol. The van der Waals surface area contributed by atoms with E-state index in [1.807, 2.05) is 0 Å². The molecule has 0 bridgehead atoms. The van der Waals surface area contributed by atoms with Crippen molar-refractivity contribution in [2.24, 2.45) is 0 Å². The topological polar surface area (TPSA) is 41.3 Å². The van der Waals surface area contributed by atoms with E-state index in [1.54, 1.807) is 4.90 Å². The second kappa shape index (κ2) is 5.43. The summed E-state index contributed by atoms with van der Waals surface area (Å²) < 4.78 is 5.36. The van der Waals surface area contributed by atoms with Crippen molar-refractivity contribution in [3.05, 3.63) is 35.4 Å². The third-order valence-corrected chi connectivity index (χ3v) is 3.28. The van der Waals surface area contributed by atoms with E-state index < -0.39 is 0 Å². The second-order valence-corrected chi connectivity index (χ2v) is 4.67. The highest BCUT2D eigenvalue weighted by atomic mass is 16.5. The number of quaternary nitrogens is 2. The van der Waals surface area contributed by atoms with Gasteiger partial charge in [-0.3, -0.25) is 0 Å². The van der Waals surface area contributed by atoms with Gasteiger partial charge in [-0.2, -0.15) is 0 Å². The number of aryl methyl sites for hydroxylation is 1. The Morgan fingerprint density at radius 2 is 1.88 bits per heavy atom. The van der Waals surface area contributed by atoms with Crippen LogP contribution in [-0.4, -0.2) is 32.8 Å². The smallest absolute Gasteiger partial charge is 0.160 e. The van der Waals surface area contributed by atoms with Gasteiger partial charge in [0.15, 0.2) is 6.04 Å². The van der Waals surface area contributed by atoms with Crippen LogP contribution < -0.4 is 10.6 Å². The summed E-state index contributed by atoms with van der Waals surface area (Å²) in [6, 6.07) is 9.14. The minimum Gasteiger partial charge on any atom is -0.370 e. The van der Waals surface area contributed by atoms with Gasteiger partial charge >= 0.3 is 0 Å². The summed E-state index contributed by atoms with van der Waals surface area (Å²) >= 11 is 0. The molecule has 16 heavy (non-hydrogen) atoms. The molecule has 1 saturated heterocycles. The molecule has 2 rings (SSSR count). The van der Waals surface area contributed by atoms with E-state index in [-0.39, 0.29) is 0 Å². The van der Waals surface area contributed by atoms with E-state index in [1.165, 1.54) is 11.1 Å². The molecule has 1 atom stereocenters. The fraction of sp³-hybridized carbons (Fsp3) is 0.538. The Kier molecular flexibility index (Phi) is 3.93. The molecule has 0 radical (unpaired) electrons. The summed E-state index contributed by atoms with van der Waals surface area (Å²) in [6.45, 7) is 7.28. The van der Waals surface area contributed by atoms with Gasteiger partial charge in [-0.25, -0.2) is 0 Å². The highest BCUT2D eigenvalue weighted by molar-refractivity contribution is 5.22. The van der Waals surface area contributed by atoms with Crippen LogP contribution in [0.3, 0.4) is 0 Å². The molecule has 1 aliphatic heterocycles. The van der Waals surface area contributed by atoms with Crippen molar-refractivity contribution in [2.45, 2.75) is 13.0 Å². The van der Waals surface area contributed by atoms with Gasteiger partial charge < -0.3 is 15.4 Å². The zero-order valence-electron chi connectivity index (χ0n) is 10.0. The molecule has 4 N–H and O–H groups in total. The Labute approximate surface area is 97.2 Å². The third kappa shape index (κ3) is 3.04. The van der Waals surface area contributed by atoms with E-state index in [0.29, 0.717) is 6.04 Å². The maximum absolute atomic E-state index is 5.36. The van der Waals surface area contributed by atoms with Crippen molar-refractivity contribution in [3.63, 3.8) is 0 Å². The average molecular weight is 222 g/mol. The monoisotopic (exact) mass is 222 g/mol. The normalized spacial score (nSPS) is 19.6. The fourth-order valence-electron chi connectivity index (χ4n) is 2.17. The van der Waals surface area contributed by atoms with Gasteiger partial charge in [0.2, 0.25) is 0 Å². The molecule has 1 aromatic carbocycles. The Morgan fingerprint density at radius 3 is 2.50 bits per heavy atom. The van der Waals surface area contributed by atoms with Gasteiger partial charge in [0.05, 0.1) is 13.2 Å². The second-order valence-electron chi connectivity index (χ2n) is 4.67. The van der Waals surface area contributed by atoms with Crippen LogP contribution in [0.4, 0.5) is 0 Å². The summed E-state index contributed by atoms with van der Waals surface area (Å²) in [5, 5.41) is 0. The van der Waals surface area contributed by atoms with E-state index in [2.05, 4.69) is 36.9 Å². The van der Waals surface area contributed by atoms with Gasteiger partial charge in [0.1, 0.15) is 19.6 Å². The first-order valence-electron chi connectivity index (χ1n) is 6.06. The predicted octanol–water partition coefficient (Wildman–Crippen LogP) is -0.807. The van der Waals surface area contributed by atoms with Gasteiger partial charge in [-0.05, 0) is 6.92 Å². The minimum absolute atomic E-state index is 0.397. The molecule has 0 amide bonds. The molecule has 3 nitrogen and oxygen atoms in total. The fourth-order valence-corrected chi connectivity index (χ4v) is 2.17. The first-order valence-corrected chi connectivity index (χ1v) is 6.06. The summed E-state index contributed by atoms with van der Waals surface area (Å²) in [5.74, 6) is 0. The SMILES string of the molecule is Cc1ccc([C@H]([NH3+])C[NH+]2CCOCC2)cc1. The Morgan fingerprint density at radius 1 is 1.25 bits per heavy atom. The Balaban J connectivity index is 1.91. The zero-order chi connectivity index (χ0) is 11.4. The molecule has 0 spiro atoms. The van der Waals surface area contributed by atoms with Gasteiger partial charge in [-0.1, -0.05) is 29.8 Å². The number of ether oxygens (including phenoxy) is 1. The molecule has 1 heterocycles. The van der Waals surface area contributed by atoms with Crippen LogP contribution in [0.25, 0.3) is 0 Å². The highest BCUT2D eigenvalue weighted by Crippen LogP contribution is 2.08. The maximum atomic E-state index is 5.36. The van der Waals surface area contributed by atoms with Crippen LogP contribution in [0.15, 0.2) is 24.3 Å². The minimum atomic E-state index is 0.397. The predicted molar refractivity (Wildman–Crippen MR) is 63.2 cm³/mol. The van der Waals surface area contributed by atoms with Crippen LogP contribution in [0.5, 0.6) is 0 Å². The van der Waals surface area contributed by atoms with Crippen LogP contribution in [0.1, 0.15) is 17.2 Å². The van der Waals surface area contributed by atoms with Crippen LogP contribution in [0.2, 0.25) is 0 Å². The van der Waals surface area contributed by atoms with Gasteiger partial charge in [0, 0.05) is 5.56 Å². The van der Waals surface area contributed by atoms with E-state index in [9.17, 15) is 0 Å². The van der Waals surface area contributed by atoms with Crippen LogP contribution in [-0.2, 0) is 4.74 Å². The summed E-state index contributed by atoms with van der Waals surface area (Å²) in [4.78, 5) is 1.62. The third-order valence-electron chi connectivity index (χ3n) is 3.28. The van der Waals surface area contributed by atoms with Crippen molar-refractivity contribution >= 4 is 0 Å². The molecule has 88 valence electrons. The lowest BCUT2D eigenvalue weighted by atomic mass is 10.1. The average Bonchev–Trinajstić information content (AvgIpc) is 2.31. The van der Waals surface area contributed by atoms with Crippen molar-refractivity contribution in [2.75, 3.05) is 32.8 Å². The van der Waals surface area contributed by atoms with Gasteiger partial charge in [-0.15, -0.1) is 0 Å². The Bertz CT molecular complexity index is 317. The molecule has 0 saturated carbocycles. The first-order chi connectivity index (χ1) is 7.75. The first kappa shape index (κ1) is 11.6. The number of rotatable bonds is 3. The number of hydrogen-bond donors (Lipinski definition) is 2. The van der Waals surface area contributed by atoms with Crippen molar-refractivity contribution in [1.29, 1.82) is 0 Å². The lowest BCUT2D eigenvalue weighted by Crippen LogP contribution is -3.15. The molecule has 1 aromatic rings. The zero-order valence-corrected chi connectivity index (χ0v) is 10.0. The number of benzene rings is 1. The van der Waals surface area contributed by atoms with Gasteiger partial charge in [0.25, 0.3) is 0 Å². The van der Waals surface area contributed by atoms with Crippen molar-refractivity contribution < 1.29 is 15.4 Å². The molecular formula is C13H22N2O+2. The van der Waals surface area contributed by atoms with E-state index in [4.69, 9.17) is 4.74 Å².